The molecular weight excluding hydrogens is 406 g/mol. The smallest absolute Gasteiger partial charge is 0.332 e. The molecule has 0 radical (unpaired) electrons. The molecule has 32 heavy (non-hydrogen) atoms. The number of aliphatic hydroxyl groups excluding tert-OH is 1. The largest absolute Gasteiger partial charge is 0.378 e. The Morgan fingerprint density at radius 3 is 2.34 bits per heavy atom. The number of rotatable bonds is 4. The molecule has 0 aliphatic carbocycles. The maximum absolute atomic E-state index is 13.1. The van der Waals surface area contributed by atoms with E-state index in [0.29, 0.717) is 30.6 Å². The minimum absolute atomic E-state index is 0.0230. The highest BCUT2D eigenvalue weighted by atomic mass is 16.3. The Labute approximate surface area is 188 Å². The van der Waals surface area contributed by atoms with Crippen molar-refractivity contribution in [3.8, 4) is 0 Å². The van der Waals surface area contributed by atoms with Gasteiger partial charge in [0.1, 0.15) is 6.04 Å². The predicted octanol–water partition coefficient (Wildman–Crippen LogP) is 3.13. The van der Waals surface area contributed by atoms with Crippen molar-refractivity contribution in [2.45, 2.75) is 57.2 Å². The summed E-state index contributed by atoms with van der Waals surface area (Å²) in [5.74, 6) is -0.776. The van der Waals surface area contributed by atoms with E-state index in [1.165, 1.54) is 4.90 Å². The van der Waals surface area contributed by atoms with E-state index < -0.39 is 18.1 Å². The van der Waals surface area contributed by atoms with Crippen molar-refractivity contribution < 1.29 is 19.5 Å². The molecule has 4 amide bonds. The first kappa shape index (κ1) is 22.0. The number of carbonyl (C=O) groups is 3. The molecule has 4 rings (SSSR count). The molecule has 2 aromatic carbocycles. The van der Waals surface area contributed by atoms with Crippen LogP contribution in [0.5, 0.6) is 0 Å². The van der Waals surface area contributed by atoms with Gasteiger partial charge in [-0.15, -0.1) is 0 Å². The van der Waals surface area contributed by atoms with Crippen LogP contribution in [0.3, 0.4) is 0 Å². The number of hydrogen-bond donors (Lipinski definition) is 2. The molecule has 2 heterocycles. The lowest BCUT2D eigenvalue weighted by Crippen LogP contribution is -2.50. The SMILES string of the molecule is CC(C)(C)c1ccc(N2C(=O)[C@@H]3C[C@@H](NC(=O)[C@@H](O)c4ccccc4)CCN3C2=O)cc1. The monoisotopic (exact) mass is 435 g/mol. The molecule has 0 spiro atoms. The summed E-state index contributed by atoms with van der Waals surface area (Å²) in [5.41, 5.74) is 2.17. The Balaban J connectivity index is 1.44. The van der Waals surface area contributed by atoms with Crippen molar-refractivity contribution in [1.29, 1.82) is 0 Å². The molecule has 7 nitrogen and oxygen atoms in total. The second kappa shape index (κ2) is 8.39. The predicted molar refractivity (Wildman–Crippen MR) is 121 cm³/mol. The molecule has 2 saturated heterocycles. The molecule has 168 valence electrons. The Hall–Kier alpha value is -3.19. The van der Waals surface area contributed by atoms with Crippen LogP contribution in [-0.4, -0.2) is 46.5 Å². The van der Waals surface area contributed by atoms with Crippen molar-refractivity contribution in [3.63, 3.8) is 0 Å². The normalized spacial score (nSPS) is 22.0. The van der Waals surface area contributed by atoms with Gasteiger partial charge in [-0.25, -0.2) is 9.69 Å². The van der Waals surface area contributed by atoms with E-state index in [-0.39, 0.29) is 23.4 Å². The summed E-state index contributed by atoms with van der Waals surface area (Å²) in [6.07, 6.45) is -0.415. The van der Waals surface area contributed by atoms with Crippen molar-refractivity contribution >= 4 is 23.5 Å². The molecule has 0 aromatic heterocycles. The number of carbonyl (C=O) groups excluding carboxylic acids is 3. The third kappa shape index (κ3) is 4.12. The molecule has 2 fully saturated rings. The van der Waals surface area contributed by atoms with E-state index >= 15 is 0 Å². The molecular formula is C25H29N3O4. The van der Waals surface area contributed by atoms with Gasteiger partial charge >= 0.3 is 6.03 Å². The Morgan fingerprint density at radius 2 is 1.72 bits per heavy atom. The lowest BCUT2D eigenvalue weighted by atomic mass is 9.87. The van der Waals surface area contributed by atoms with Gasteiger partial charge < -0.3 is 15.3 Å². The third-order valence-electron chi connectivity index (χ3n) is 6.25. The van der Waals surface area contributed by atoms with Crippen molar-refractivity contribution in [2.75, 3.05) is 11.4 Å². The summed E-state index contributed by atoms with van der Waals surface area (Å²) in [7, 11) is 0. The van der Waals surface area contributed by atoms with Gasteiger partial charge in [0.2, 0.25) is 0 Å². The second-order valence-electron chi connectivity index (χ2n) is 9.51. The fraction of sp³-hybridized carbons (Fsp3) is 0.400. The summed E-state index contributed by atoms with van der Waals surface area (Å²) in [6.45, 7) is 6.70. The Bertz CT molecular complexity index is 1010. The first-order valence-electron chi connectivity index (χ1n) is 11.0. The van der Waals surface area contributed by atoms with Gasteiger partial charge in [0, 0.05) is 12.6 Å². The molecule has 0 bridgehead atoms. The quantitative estimate of drug-likeness (QED) is 0.722. The highest BCUT2D eigenvalue weighted by molar-refractivity contribution is 6.21. The maximum atomic E-state index is 13.1. The van der Waals surface area contributed by atoms with Crippen molar-refractivity contribution in [3.05, 3.63) is 65.7 Å². The molecule has 0 saturated carbocycles. The zero-order valence-corrected chi connectivity index (χ0v) is 18.6. The number of fused-ring (bicyclic) bond motifs is 1. The number of anilines is 1. The lowest BCUT2D eigenvalue weighted by molar-refractivity contribution is -0.131. The first-order chi connectivity index (χ1) is 15.2. The molecule has 2 aromatic rings. The van der Waals surface area contributed by atoms with E-state index in [2.05, 4.69) is 26.1 Å². The van der Waals surface area contributed by atoms with Crippen LogP contribution in [0.2, 0.25) is 0 Å². The van der Waals surface area contributed by atoms with Crippen molar-refractivity contribution in [2.24, 2.45) is 0 Å². The van der Waals surface area contributed by atoms with Gasteiger partial charge in [-0.05, 0) is 41.5 Å². The third-order valence-corrected chi connectivity index (χ3v) is 6.25. The van der Waals surface area contributed by atoms with Gasteiger partial charge in [0.25, 0.3) is 11.8 Å². The van der Waals surface area contributed by atoms with Gasteiger partial charge in [0.05, 0.1) is 5.69 Å². The summed E-state index contributed by atoms with van der Waals surface area (Å²) in [6, 6.07) is 15.0. The number of imide groups is 1. The molecule has 2 N–H and O–H groups in total. The van der Waals surface area contributed by atoms with Crippen LogP contribution in [0.25, 0.3) is 0 Å². The highest BCUT2D eigenvalue weighted by Crippen LogP contribution is 2.32. The summed E-state index contributed by atoms with van der Waals surface area (Å²) in [5, 5.41) is 13.2. The summed E-state index contributed by atoms with van der Waals surface area (Å²) in [4.78, 5) is 41.4. The standard InChI is InChI=1S/C25H29N3O4/c1-25(2,3)17-9-11-19(12-10-17)28-23(31)20-15-18(13-14-27(20)24(28)32)26-22(30)21(29)16-7-5-4-6-8-16/h4-12,18,20-21,29H,13-15H2,1-3H3,(H,26,30)/t18-,20-,21-/m0/s1. The summed E-state index contributed by atoms with van der Waals surface area (Å²) < 4.78 is 0. The Morgan fingerprint density at radius 1 is 1.06 bits per heavy atom. The second-order valence-corrected chi connectivity index (χ2v) is 9.51. The minimum Gasteiger partial charge on any atom is -0.378 e. The molecule has 7 heteroatoms. The average Bonchev–Trinajstić information content (AvgIpc) is 3.03. The van der Waals surface area contributed by atoms with E-state index in [9.17, 15) is 19.5 Å². The minimum atomic E-state index is -1.27. The highest BCUT2D eigenvalue weighted by Gasteiger charge is 2.48. The van der Waals surface area contributed by atoms with Gasteiger partial charge in [-0.3, -0.25) is 9.59 Å². The first-order valence-corrected chi connectivity index (χ1v) is 11.0. The number of piperidine rings is 1. The van der Waals surface area contributed by atoms with Gasteiger partial charge in [-0.1, -0.05) is 63.2 Å². The molecule has 2 aliphatic rings. The topological polar surface area (TPSA) is 89.9 Å². The van der Waals surface area contributed by atoms with Crippen LogP contribution in [0.1, 0.15) is 50.8 Å². The van der Waals surface area contributed by atoms with E-state index in [4.69, 9.17) is 0 Å². The van der Waals surface area contributed by atoms with Crippen LogP contribution in [0, 0.1) is 0 Å². The fourth-order valence-electron chi connectivity index (χ4n) is 4.35. The molecule has 2 aliphatic heterocycles. The number of nitrogens with zero attached hydrogens (tertiary/aromatic N) is 2. The lowest BCUT2D eigenvalue weighted by Gasteiger charge is -2.33. The van der Waals surface area contributed by atoms with Crippen molar-refractivity contribution in [1.82, 2.24) is 10.2 Å². The number of aliphatic hydroxyl groups is 1. The summed E-state index contributed by atoms with van der Waals surface area (Å²) >= 11 is 0. The molecule has 0 unspecified atom stereocenters. The Kier molecular flexibility index (Phi) is 5.77. The van der Waals surface area contributed by atoms with Gasteiger partial charge in [0.15, 0.2) is 6.10 Å². The van der Waals surface area contributed by atoms with Crippen LogP contribution in [0.4, 0.5) is 10.5 Å². The fourth-order valence-corrected chi connectivity index (χ4v) is 4.35. The zero-order valence-electron chi connectivity index (χ0n) is 18.6. The number of urea groups is 1. The van der Waals surface area contributed by atoms with E-state index in [0.717, 1.165) is 5.56 Å². The maximum Gasteiger partial charge on any atom is 0.332 e. The van der Waals surface area contributed by atoms with E-state index in [1.807, 2.05) is 30.3 Å². The van der Waals surface area contributed by atoms with Gasteiger partial charge in [-0.2, -0.15) is 0 Å². The van der Waals surface area contributed by atoms with Crippen LogP contribution in [-0.2, 0) is 15.0 Å². The zero-order chi connectivity index (χ0) is 23.0. The average molecular weight is 436 g/mol. The number of benzene rings is 2. The van der Waals surface area contributed by atoms with Crippen LogP contribution < -0.4 is 10.2 Å². The van der Waals surface area contributed by atoms with Crippen LogP contribution >= 0.6 is 0 Å². The molecule has 3 atom stereocenters. The van der Waals surface area contributed by atoms with E-state index in [1.54, 1.807) is 29.2 Å². The van der Waals surface area contributed by atoms with Crippen LogP contribution in [0.15, 0.2) is 54.6 Å². The number of nitrogens with one attached hydrogen (secondary N) is 1. The number of hydrogen-bond acceptors (Lipinski definition) is 4. The number of amides is 4.